The second kappa shape index (κ2) is 9.79. The zero-order valence-electron chi connectivity index (χ0n) is 18.7. The summed E-state index contributed by atoms with van der Waals surface area (Å²) < 4.78 is 6.11. The third kappa shape index (κ3) is 4.68. The lowest BCUT2D eigenvalue weighted by Crippen LogP contribution is -2.25. The lowest BCUT2D eigenvalue weighted by Gasteiger charge is -2.34. The SMILES string of the molecule is Oc1ccc2c(c1)C(c1ccc(CCCCN3CCCC3)cc1)[C@@H](c1ccccc1)CO2. The Kier molecular flexibility index (Phi) is 6.45. The normalized spacial score (nSPS) is 20.6. The maximum Gasteiger partial charge on any atom is 0.123 e. The van der Waals surface area contributed by atoms with Gasteiger partial charge in [-0.15, -0.1) is 0 Å². The van der Waals surface area contributed by atoms with Crippen molar-refractivity contribution in [3.05, 3.63) is 95.1 Å². The molecule has 166 valence electrons. The van der Waals surface area contributed by atoms with Gasteiger partial charge in [-0.2, -0.15) is 0 Å². The number of phenols is 1. The third-order valence-corrected chi connectivity index (χ3v) is 7.10. The molecule has 0 saturated carbocycles. The number of ether oxygens (including phenoxy) is 1. The van der Waals surface area contributed by atoms with Crippen molar-refractivity contribution in [2.24, 2.45) is 0 Å². The summed E-state index contributed by atoms with van der Waals surface area (Å²) in [7, 11) is 0. The predicted octanol–water partition coefficient (Wildman–Crippen LogP) is 6.12. The van der Waals surface area contributed by atoms with E-state index in [1.807, 2.05) is 12.1 Å². The van der Waals surface area contributed by atoms with Gasteiger partial charge in [0.1, 0.15) is 11.5 Å². The summed E-state index contributed by atoms with van der Waals surface area (Å²) in [6, 6.07) is 25.3. The van der Waals surface area contributed by atoms with E-state index in [0.29, 0.717) is 12.4 Å². The van der Waals surface area contributed by atoms with E-state index >= 15 is 0 Å². The number of nitrogens with zero attached hydrogens (tertiary/aromatic N) is 1. The summed E-state index contributed by atoms with van der Waals surface area (Å²) in [6.45, 7) is 4.47. The number of hydrogen-bond donors (Lipinski definition) is 1. The molecule has 3 aromatic carbocycles. The molecule has 2 aliphatic heterocycles. The van der Waals surface area contributed by atoms with Crippen molar-refractivity contribution in [3.63, 3.8) is 0 Å². The second-order valence-corrected chi connectivity index (χ2v) is 9.28. The molecule has 0 amide bonds. The van der Waals surface area contributed by atoms with Gasteiger partial charge in [-0.3, -0.25) is 0 Å². The van der Waals surface area contributed by atoms with Gasteiger partial charge in [0.25, 0.3) is 0 Å². The number of rotatable bonds is 7. The van der Waals surface area contributed by atoms with E-state index in [1.165, 1.54) is 62.0 Å². The Labute approximate surface area is 191 Å². The predicted molar refractivity (Wildman–Crippen MR) is 130 cm³/mol. The zero-order valence-corrected chi connectivity index (χ0v) is 18.7. The summed E-state index contributed by atoms with van der Waals surface area (Å²) in [4.78, 5) is 2.60. The molecule has 2 atom stereocenters. The summed E-state index contributed by atoms with van der Waals surface area (Å²) in [5.41, 5.74) is 5.05. The van der Waals surface area contributed by atoms with E-state index in [1.54, 1.807) is 6.07 Å². The fraction of sp³-hybridized carbons (Fsp3) is 0.379. The first-order chi connectivity index (χ1) is 15.8. The molecule has 3 nitrogen and oxygen atoms in total. The van der Waals surface area contributed by atoms with Crippen LogP contribution in [0.2, 0.25) is 0 Å². The molecule has 1 N–H and O–H groups in total. The monoisotopic (exact) mass is 427 g/mol. The van der Waals surface area contributed by atoms with Gasteiger partial charge < -0.3 is 14.7 Å². The van der Waals surface area contributed by atoms with Gasteiger partial charge >= 0.3 is 0 Å². The first-order valence-corrected chi connectivity index (χ1v) is 12.1. The summed E-state index contributed by atoms with van der Waals surface area (Å²) in [5, 5.41) is 10.2. The van der Waals surface area contributed by atoms with Gasteiger partial charge in [-0.05, 0) is 86.6 Å². The molecule has 0 aliphatic carbocycles. The van der Waals surface area contributed by atoms with Crippen molar-refractivity contribution >= 4 is 0 Å². The lowest BCUT2D eigenvalue weighted by molar-refractivity contribution is 0.248. The third-order valence-electron chi connectivity index (χ3n) is 7.10. The Bertz CT molecular complexity index is 1010. The zero-order chi connectivity index (χ0) is 21.8. The van der Waals surface area contributed by atoms with Crippen LogP contribution >= 0.6 is 0 Å². The standard InChI is InChI=1S/C29H33NO2/c31-25-15-16-28-26(20-25)29(27(21-32-28)23-9-2-1-3-10-23)24-13-11-22(12-14-24)8-4-5-17-30-18-6-7-19-30/h1-3,9-16,20,27,29,31H,4-8,17-19,21H2/t27-,29?/m1/s1. The van der Waals surface area contributed by atoms with Crippen LogP contribution < -0.4 is 4.74 Å². The van der Waals surface area contributed by atoms with E-state index in [2.05, 4.69) is 59.5 Å². The Hall–Kier alpha value is -2.78. The molecular weight excluding hydrogens is 394 g/mol. The topological polar surface area (TPSA) is 32.7 Å². The Morgan fingerprint density at radius 2 is 1.62 bits per heavy atom. The van der Waals surface area contributed by atoms with Gasteiger partial charge in [0, 0.05) is 17.4 Å². The molecule has 0 radical (unpaired) electrons. The highest BCUT2D eigenvalue weighted by Crippen LogP contribution is 2.46. The van der Waals surface area contributed by atoms with E-state index in [4.69, 9.17) is 4.74 Å². The van der Waals surface area contributed by atoms with E-state index < -0.39 is 0 Å². The fourth-order valence-corrected chi connectivity index (χ4v) is 5.37. The molecule has 2 heterocycles. The molecule has 1 saturated heterocycles. The van der Waals surface area contributed by atoms with Crippen LogP contribution in [0.15, 0.2) is 72.8 Å². The quantitative estimate of drug-likeness (QED) is 0.461. The molecule has 1 fully saturated rings. The molecule has 5 rings (SSSR count). The first-order valence-electron chi connectivity index (χ1n) is 12.1. The van der Waals surface area contributed by atoms with Crippen molar-refractivity contribution in [2.75, 3.05) is 26.2 Å². The van der Waals surface area contributed by atoms with Crippen LogP contribution in [0, 0.1) is 0 Å². The van der Waals surface area contributed by atoms with Gasteiger partial charge in [0.2, 0.25) is 0 Å². The number of benzene rings is 3. The number of aromatic hydroxyl groups is 1. The number of aryl methyl sites for hydroxylation is 1. The maximum absolute atomic E-state index is 10.2. The minimum absolute atomic E-state index is 0.164. The first kappa shape index (κ1) is 21.1. The summed E-state index contributed by atoms with van der Waals surface area (Å²) in [5.74, 6) is 1.56. The Morgan fingerprint density at radius 3 is 2.41 bits per heavy atom. The van der Waals surface area contributed by atoms with Crippen LogP contribution in [0.1, 0.15) is 59.8 Å². The molecular formula is C29H33NO2. The van der Waals surface area contributed by atoms with Crippen molar-refractivity contribution in [3.8, 4) is 11.5 Å². The fourth-order valence-electron chi connectivity index (χ4n) is 5.37. The highest BCUT2D eigenvalue weighted by atomic mass is 16.5. The lowest BCUT2D eigenvalue weighted by atomic mass is 9.75. The molecule has 0 aromatic heterocycles. The van der Waals surface area contributed by atoms with Crippen LogP contribution in [-0.4, -0.2) is 36.2 Å². The number of likely N-dealkylation sites (tertiary alicyclic amines) is 1. The van der Waals surface area contributed by atoms with Crippen molar-refractivity contribution in [1.82, 2.24) is 4.90 Å². The molecule has 3 aromatic rings. The highest BCUT2D eigenvalue weighted by Gasteiger charge is 2.33. The minimum atomic E-state index is 0.164. The smallest absolute Gasteiger partial charge is 0.123 e. The van der Waals surface area contributed by atoms with Crippen LogP contribution in [0.5, 0.6) is 11.5 Å². The number of hydrogen-bond acceptors (Lipinski definition) is 3. The van der Waals surface area contributed by atoms with E-state index in [-0.39, 0.29) is 11.8 Å². The van der Waals surface area contributed by atoms with Crippen LogP contribution in [0.3, 0.4) is 0 Å². The van der Waals surface area contributed by atoms with Crippen LogP contribution in [0.25, 0.3) is 0 Å². The van der Waals surface area contributed by atoms with Crippen molar-refractivity contribution < 1.29 is 9.84 Å². The largest absolute Gasteiger partial charge is 0.508 e. The van der Waals surface area contributed by atoms with Gasteiger partial charge in [-0.25, -0.2) is 0 Å². The molecule has 0 bridgehead atoms. The van der Waals surface area contributed by atoms with E-state index in [9.17, 15) is 5.11 Å². The molecule has 2 aliphatic rings. The van der Waals surface area contributed by atoms with Gasteiger partial charge in [0.05, 0.1) is 6.61 Å². The van der Waals surface area contributed by atoms with Crippen molar-refractivity contribution in [2.45, 2.75) is 43.9 Å². The van der Waals surface area contributed by atoms with Crippen molar-refractivity contribution in [1.29, 1.82) is 0 Å². The Balaban J connectivity index is 1.34. The average Bonchev–Trinajstić information content (AvgIpc) is 3.36. The van der Waals surface area contributed by atoms with E-state index in [0.717, 1.165) is 17.7 Å². The average molecular weight is 428 g/mol. The molecule has 1 unspecified atom stereocenters. The highest BCUT2D eigenvalue weighted by molar-refractivity contribution is 5.50. The van der Waals surface area contributed by atoms with Crippen LogP contribution in [0.4, 0.5) is 0 Å². The number of phenolic OH excluding ortho intramolecular Hbond substituents is 1. The van der Waals surface area contributed by atoms with Crippen LogP contribution in [-0.2, 0) is 6.42 Å². The minimum Gasteiger partial charge on any atom is -0.508 e. The molecule has 32 heavy (non-hydrogen) atoms. The molecule has 0 spiro atoms. The van der Waals surface area contributed by atoms with Gasteiger partial charge in [0.15, 0.2) is 0 Å². The number of fused-ring (bicyclic) bond motifs is 1. The molecule has 3 heteroatoms. The van der Waals surface area contributed by atoms with Gasteiger partial charge in [-0.1, -0.05) is 54.6 Å². The maximum atomic E-state index is 10.2. The summed E-state index contributed by atoms with van der Waals surface area (Å²) >= 11 is 0. The Morgan fingerprint density at radius 1 is 0.844 bits per heavy atom. The number of unbranched alkanes of at least 4 members (excludes halogenated alkanes) is 1. The summed E-state index contributed by atoms with van der Waals surface area (Å²) in [6.07, 6.45) is 6.42. The second-order valence-electron chi connectivity index (χ2n) is 9.28.